The average molecular weight is 405 g/mol. The van der Waals surface area contributed by atoms with Crippen molar-refractivity contribution in [1.82, 2.24) is 10.6 Å². The van der Waals surface area contributed by atoms with Gasteiger partial charge >= 0.3 is 0 Å². The van der Waals surface area contributed by atoms with Crippen molar-refractivity contribution >= 4 is 23.6 Å². The molecule has 0 saturated heterocycles. The van der Waals surface area contributed by atoms with E-state index in [1.165, 1.54) is 19.2 Å². The maximum atomic E-state index is 13.0. The maximum Gasteiger partial charge on any atom is 0.255 e. The lowest BCUT2D eigenvalue weighted by Crippen LogP contribution is -2.47. The molecular formula is C21H25FN2O3S. The molecule has 0 bridgehead atoms. The van der Waals surface area contributed by atoms with Gasteiger partial charge in [-0.25, -0.2) is 4.39 Å². The number of hydrogen-bond acceptors (Lipinski definition) is 4. The first-order valence-electron chi connectivity index (χ1n) is 9.00. The molecule has 0 aliphatic heterocycles. The summed E-state index contributed by atoms with van der Waals surface area (Å²) in [5.41, 5.74) is 1.32. The molecule has 2 aromatic rings. The summed E-state index contributed by atoms with van der Waals surface area (Å²) in [6.07, 6.45) is 3.05. The molecule has 2 amide bonds. The number of benzene rings is 2. The average Bonchev–Trinajstić information content (AvgIpc) is 2.72. The summed E-state index contributed by atoms with van der Waals surface area (Å²) in [5.74, 6) is 0.323. The molecule has 0 spiro atoms. The SMILES string of the molecule is COc1ccccc1C(=O)NC(CCSC)C(=O)NCCc1ccc(F)cc1. The van der Waals surface area contributed by atoms with E-state index in [-0.39, 0.29) is 17.6 Å². The van der Waals surface area contributed by atoms with Crippen molar-refractivity contribution in [2.45, 2.75) is 18.9 Å². The summed E-state index contributed by atoms with van der Waals surface area (Å²) in [7, 11) is 1.50. The molecule has 0 radical (unpaired) electrons. The van der Waals surface area contributed by atoms with Crippen LogP contribution in [0.4, 0.5) is 4.39 Å². The molecule has 0 saturated carbocycles. The summed E-state index contributed by atoms with van der Waals surface area (Å²) < 4.78 is 18.2. The largest absolute Gasteiger partial charge is 0.496 e. The van der Waals surface area contributed by atoms with Gasteiger partial charge in [0.05, 0.1) is 12.7 Å². The minimum Gasteiger partial charge on any atom is -0.496 e. The number of thioether (sulfide) groups is 1. The molecule has 1 atom stereocenters. The van der Waals surface area contributed by atoms with E-state index in [1.54, 1.807) is 48.2 Å². The standard InChI is InChI=1S/C21H25FN2O3S/c1-27-19-6-4-3-5-17(19)20(25)24-18(12-14-28-2)21(26)23-13-11-15-7-9-16(22)10-8-15/h3-10,18H,11-14H2,1-2H3,(H,23,26)(H,24,25). The molecule has 0 aromatic heterocycles. The Morgan fingerprint density at radius 2 is 1.86 bits per heavy atom. The van der Waals surface area contributed by atoms with Crippen LogP contribution in [0.2, 0.25) is 0 Å². The second-order valence-electron chi connectivity index (χ2n) is 6.18. The van der Waals surface area contributed by atoms with Gasteiger partial charge in [0.1, 0.15) is 17.6 Å². The zero-order valence-corrected chi connectivity index (χ0v) is 16.9. The third-order valence-electron chi connectivity index (χ3n) is 4.21. The Morgan fingerprint density at radius 1 is 1.14 bits per heavy atom. The van der Waals surface area contributed by atoms with E-state index < -0.39 is 6.04 Å². The Labute approximate surface area is 169 Å². The van der Waals surface area contributed by atoms with Crippen molar-refractivity contribution in [3.8, 4) is 5.75 Å². The van der Waals surface area contributed by atoms with E-state index in [2.05, 4.69) is 10.6 Å². The molecule has 2 rings (SSSR count). The van der Waals surface area contributed by atoms with E-state index in [0.717, 1.165) is 11.3 Å². The van der Waals surface area contributed by atoms with Crippen molar-refractivity contribution in [1.29, 1.82) is 0 Å². The van der Waals surface area contributed by atoms with Crippen LogP contribution in [-0.2, 0) is 11.2 Å². The van der Waals surface area contributed by atoms with E-state index in [1.807, 2.05) is 6.26 Å². The predicted octanol–water partition coefficient (Wildman–Crippen LogP) is 3.04. The Balaban J connectivity index is 1.96. The van der Waals surface area contributed by atoms with Gasteiger partial charge in [0.25, 0.3) is 5.91 Å². The highest BCUT2D eigenvalue weighted by Crippen LogP contribution is 2.17. The van der Waals surface area contributed by atoms with Gasteiger partial charge in [0.2, 0.25) is 5.91 Å². The van der Waals surface area contributed by atoms with Gasteiger partial charge in [-0.15, -0.1) is 0 Å². The highest BCUT2D eigenvalue weighted by molar-refractivity contribution is 7.98. The van der Waals surface area contributed by atoms with Crippen LogP contribution in [0.25, 0.3) is 0 Å². The number of halogens is 1. The molecule has 28 heavy (non-hydrogen) atoms. The van der Waals surface area contributed by atoms with Crippen molar-refractivity contribution in [2.75, 3.05) is 25.7 Å². The first-order chi connectivity index (χ1) is 13.5. The van der Waals surface area contributed by atoms with Gasteiger partial charge in [0.15, 0.2) is 0 Å². The molecular weight excluding hydrogens is 379 g/mol. The van der Waals surface area contributed by atoms with Crippen LogP contribution in [0.1, 0.15) is 22.3 Å². The topological polar surface area (TPSA) is 67.4 Å². The van der Waals surface area contributed by atoms with Crippen LogP contribution < -0.4 is 15.4 Å². The maximum absolute atomic E-state index is 13.0. The third kappa shape index (κ3) is 6.56. The number of amides is 2. The first-order valence-corrected chi connectivity index (χ1v) is 10.4. The van der Waals surface area contributed by atoms with Gasteiger partial charge in [-0.05, 0) is 54.7 Å². The Morgan fingerprint density at radius 3 is 2.54 bits per heavy atom. The molecule has 0 aliphatic rings. The monoisotopic (exact) mass is 404 g/mol. The fourth-order valence-electron chi connectivity index (χ4n) is 2.68. The molecule has 0 fully saturated rings. The molecule has 7 heteroatoms. The molecule has 2 N–H and O–H groups in total. The quantitative estimate of drug-likeness (QED) is 0.639. The number of nitrogens with one attached hydrogen (secondary N) is 2. The lowest BCUT2D eigenvalue weighted by Gasteiger charge is -2.19. The van der Waals surface area contributed by atoms with Crippen LogP contribution in [0, 0.1) is 5.82 Å². The number of methoxy groups -OCH3 is 1. The second kappa shape index (κ2) is 11.3. The fraction of sp³-hybridized carbons (Fsp3) is 0.333. The van der Waals surface area contributed by atoms with E-state index in [0.29, 0.717) is 30.7 Å². The normalized spacial score (nSPS) is 11.5. The third-order valence-corrected chi connectivity index (χ3v) is 4.85. The van der Waals surface area contributed by atoms with Gasteiger partial charge in [-0.1, -0.05) is 24.3 Å². The number of para-hydroxylation sites is 1. The number of rotatable bonds is 10. The lowest BCUT2D eigenvalue weighted by atomic mass is 10.1. The molecule has 2 aromatic carbocycles. The van der Waals surface area contributed by atoms with Crippen LogP contribution >= 0.6 is 11.8 Å². The minimum atomic E-state index is -0.641. The first kappa shape index (κ1) is 21.8. The number of hydrogen-bond donors (Lipinski definition) is 2. The van der Waals surface area contributed by atoms with Crippen molar-refractivity contribution in [3.63, 3.8) is 0 Å². The number of carbonyl (C=O) groups is 2. The Bertz CT molecular complexity index is 783. The van der Waals surface area contributed by atoms with E-state index in [4.69, 9.17) is 4.74 Å². The van der Waals surface area contributed by atoms with Gasteiger partial charge in [0, 0.05) is 6.54 Å². The van der Waals surface area contributed by atoms with E-state index in [9.17, 15) is 14.0 Å². The van der Waals surface area contributed by atoms with Crippen molar-refractivity contribution < 1.29 is 18.7 Å². The molecule has 5 nitrogen and oxygen atoms in total. The highest BCUT2D eigenvalue weighted by atomic mass is 32.2. The van der Waals surface area contributed by atoms with Gasteiger partial charge in [-0.3, -0.25) is 9.59 Å². The van der Waals surface area contributed by atoms with Crippen molar-refractivity contribution in [2.24, 2.45) is 0 Å². The Kier molecular flexibility index (Phi) is 8.81. The summed E-state index contributed by atoms with van der Waals surface area (Å²) in [5, 5.41) is 5.66. The zero-order chi connectivity index (χ0) is 20.4. The number of ether oxygens (including phenoxy) is 1. The summed E-state index contributed by atoms with van der Waals surface area (Å²) in [6, 6.07) is 12.4. The molecule has 1 unspecified atom stereocenters. The highest BCUT2D eigenvalue weighted by Gasteiger charge is 2.22. The summed E-state index contributed by atoms with van der Waals surface area (Å²) >= 11 is 1.61. The second-order valence-corrected chi connectivity index (χ2v) is 7.16. The molecule has 0 aliphatic carbocycles. The van der Waals surface area contributed by atoms with E-state index >= 15 is 0 Å². The van der Waals surface area contributed by atoms with Gasteiger partial charge in [-0.2, -0.15) is 11.8 Å². The van der Waals surface area contributed by atoms with Crippen LogP contribution in [-0.4, -0.2) is 43.5 Å². The Hall–Kier alpha value is -2.54. The van der Waals surface area contributed by atoms with Crippen LogP contribution in [0.5, 0.6) is 5.75 Å². The zero-order valence-electron chi connectivity index (χ0n) is 16.0. The predicted molar refractivity (Wildman–Crippen MR) is 110 cm³/mol. The molecule has 0 heterocycles. The van der Waals surface area contributed by atoms with Crippen molar-refractivity contribution in [3.05, 3.63) is 65.5 Å². The van der Waals surface area contributed by atoms with Gasteiger partial charge < -0.3 is 15.4 Å². The summed E-state index contributed by atoms with van der Waals surface area (Å²) in [6.45, 7) is 0.408. The smallest absolute Gasteiger partial charge is 0.255 e. The van der Waals surface area contributed by atoms with Crippen LogP contribution in [0.15, 0.2) is 48.5 Å². The number of carbonyl (C=O) groups excluding carboxylic acids is 2. The molecule has 150 valence electrons. The minimum absolute atomic E-state index is 0.237. The lowest BCUT2D eigenvalue weighted by molar-refractivity contribution is -0.122. The summed E-state index contributed by atoms with van der Waals surface area (Å²) in [4.78, 5) is 25.2. The van der Waals surface area contributed by atoms with Crippen LogP contribution in [0.3, 0.4) is 0 Å². The fourth-order valence-corrected chi connectivity index (χ4v) is 3.15.